The first-order valence-electron chi connectivity index (χ1n) is 6.55. The molecule has 0 saturated heterocycles. The minimum absolute atomic E-state index is 0.0908. The van der Waals surface area contributed by atoms with Crippen LogP contribution in [0.5, 0.6) is 11.5 Å². The number of nitrogens with one attached hydrogen (secondary N) is 1. The lowest BCUT2D eigenvalue weighted by Crippen LogP contribution is -2.18. The smallest absolute Gasteiger partial charge is 0.162 e. The average molecular weight is 326 g/mol. The number of hydrogen-bond donors (Lipinski definition) is 2. The second-order valence-corrected chi connectivity index (χ2v) is 5.65. The molecule has 0 spiro atoms. The monoisotopic (exact) mass is 325 g/mol. The van der Waals surface area contributed by atoms with E-state index >= 15 is 0 Å². The molecule has 1 atom stereocenters. The Hall–Kier alpha value is -1.42. The van der Waals surface area contributed by atoms with Crippen molar-refractivity contribution >= 4 is 23.2 Å². The third-order valence-electron chi connectivity index (χ3n) is 3.29. The van der Waals surface area contributed by atoms with E-state index in [9.17, 15) is 5.11 Å². The van der Waals surface area contributed by atoms with Crippen molar-refractivity contribution in [3.8, 4) is 11.5 Å². The molecule has 3 nitrogen and oxygen atoms in total. The third-order valence-corrected chi connectivity index (χ3v) is 3.74. The molecule has 2 N–H and O–H groups in total. The Morgan fingerprint density at radius 1 is 1.19 bits per heavy atom. The molecule has 2 aromatic rings. The molecule has 0 heterocycles. The van der Waals surface area contributed by atoms with Crippen LogP contribution in [0.2, 0.25) is 10.0 Å². The Morgan fingerprint density at radius 2 is 1.95 bits per heavy atom. The zero-order chi connectivity index (χ0) is 15.4. The van der Waals surface area contributed by atoms with Gasteiger partial charge in [0.05, 0.1) is 7.11 Å². The van der Waals surface area contributed by atoms with E-state index in [1.807, 2.05) is 31.2 Å². The van der Waals surface area contributed by atoms with Crippen molar-refractivity contribution in [2.75, 3.05) is 7.11 Å². The van der Waals surface area contributed by atoms with Crippen molar-refractivity contribution in [3.63, 3.8) is 0 Å². The first kappa shape index (κ1) is 16.0. The van der Waals surface area contributed by atoms with Crippen LogP contribution in [0, 0.1) is 0 Å². The number of hydrogen-bond acceptors (Lipinski definition) is 3. The third kappa shape index (κ3) is 4.03. The van der Waals surface area contributed by atoms with Crippen molar-refractivity contribution < 1.29 is 9.84 Å². The first-order chi connectivity index (χ1) is 10.0. The molecule has 0 aliphatic heterocycles. The average Bonchev–Trinajstić information content (AvgIpc) is 2.47. The fourth-order valence-electron chi connectivity index (χ4n) is 2.08. The van der Waals surface area contributed by atoms with E-state index in [0.29, 0.717) is 27.9 Å². The number of ether oxygens (including phenoxy) is 1. The molecule has 0 radical (unpaired) electrons. The van der Waals surface area contributed by atoms with Crippen molar-refractivity contribution in [1.82, 2.24) is 5.32 Å². The fourth-order valence-corrected chi connectivity index (χ4v) is 2.51. The molecule has 0 saturated carbocycles. The second kappa shape index (κ2) is 7.03. The summed E-state index contributed by atoms with van der Waals surface area (Å²) >= 11 is 12.0. The van der Waals surface area contributed by atoms with Crippen LogP contribution < -0.4 is 10.1 Å². The summed E-state index contributed by atoms with van der Waals surface area (Å²) in [4.78, 5) is 0. The molecule has 0 aliphatic carbocycles. The van der Waals surface area contributed by atoms with Gasteiger partial charge in [0.1, 0.15) is 0 Å². The van der Waals surface area contributed by atoms with E-state index in [-0.39, 0.29) is 11.8 Å². The molecule has 0 aromatic heterocycles. The zero-order valence-electron chi connectivity index (χ0n) is 11.9. The molecule has 0 amide bonds. The minimum atomic E-state index is 0.0908. The highest BCUT2D eigenvalue weighted by Gasteiger charge is 2.12. The summed E-state index contributed by atoms with van der Waals surface area (Å²) < 4.78 is 5.09. The minimum Gasteiger partial charge on any atom is -0.504 e. The number of halogens is 2. The van der Waals surface area contributed by atoms with Crippen molar-refractivity contribution in [3.05, 3.63) is 57.6 Å². The van der Waals surface area contributed by atoms with Crippen LogP contribution in [0.4, 0.5) is 0 Å². The lowest BCUT2D eigenvalue weighted by molar-refractivity contribution is 0.369. The first-order valence-corrected chi connectivity index (χ1v) is 7.31. The van der Waals surface area contributed by atoms with Crippen molar-refractivity contribution in [2.24, 2.45) is 0 Å². The molecular formula is C16H17Cl2NO2. The summed E-state index contributed by atoms with van der Waals surface area (Å²) in [5.41, 5.74) is 1.77. The number of benzene rings is 2. The van der Waals surface area contributed by atoms with E-state index in [1.54, 1.807) is 12.1 Å². The number of phenols is 1. The fraction of sp³-hybridized carbons (Fsp3) is 0.250. The van der Waals surface area contributed by atoms with Gasteiger partial charge in [-0.15, -0.1) is 0 Å². The van der Waals surface area contributed by atoms with E-state index in [4.69, 9.17) is 27.9 Å². The molecule has 112 valence electrons. The van der Waals surface area contributed by atoms with Crippen LogP contribution in [-0.2, 0) is 6.54 Å². The van der Waals surface area contributed by atoms with E-state index < -0.39 is 0 Å². The number of rotatable bonds is 5. The predicted octanol–water partition coefficient (Wildman–Crippen LogP) is 4.56. The SMILES string of the molecule is COc1cc(Cl)cc(CNC(C)c2cccc(Cl)c2)c1O. The second-order valence-electron chi connectivity index (χ2n) is 4.77. The van der Waals surface area contributed by atoms with Crippen LogP contribution >= 0.6 is 23.2 Å². The molecule has 0 aliphatic rings. The topological polar surface area (TPSA) is 41.5 Å². The number of aromatic hydroxyl groups is 1. The van der Waals surface area contributed by atoms with Gasteiger partial charge in [0, 0.05) is 34.3 Å². The standard InChI is InChI=1S/C16H17Cl2NO2/c1-10(11-4-3-5-13(17)6-11)19-9-12-7-14(18)8-15(21-2)16(12)20/h3-8,10,19-20H,9H2,1-2H3. The van der Waals surface area contributed by atoms with Gasteiger partial charge in [-0.1, -0.05) is 35.3 Å². The van der Waals surface area contributed by atoms with Gasteiger partial charge >= 0.3 is 0 Å². The zero-order valence-corrected chi connectivity index (χ0v) is 13.4. The molecule has 0 bridgehead atoms. The highest BCUT2D eigenvalue weighted by molar-refractivity contribution is 6.31. The molecule has 21 heavy (non-hydrogen) atoms. The van der Waals surface area contributed by atoms with E-state index in [1.165, 1.54) is 7.11 Å². The Kier molecular flexibility index (Phi) is 5.34. The number of methoxy groups -OCH3 is 1. The molecular weight excluding hydrogens is 309 g/mol. The normalized spacial score (nSPS) is 12.2. The summed E-state index contributed by atoms with van der Waals surface area (Å²) in [5.74, 6) is 0.474. The van der Waals surface area contributed by atoms with Crippen molar-refractivity contribution in [1.29, 1.82) is 0 Å². The van der Waals surface area contributed by atoms with Gasteiger partial charge in [0.25, 0.3) is 0 Å². The molecule has 2 aromatic carbocycles. The van der Waals surface area contributed by atoms with Crippen LogP contribution in [0.1, 0.15) is 24.1 Å². The maximum atomic E-state index is 10.1. The highest BCUT2D eigenvalue weighted by Crippen LogP contribution is 2.33. The predicted molar refractivity (Wildman–Crippen MR) is 86.4 cm³/mol. The molecule has 1 unspecified atom stereocenters. The largest absolute Gasteiger partial charge is 0.504 e. The Balaban J connectivity index is 2.11. The number of phenolic OH excluding ortho intramolecular Hbond substituents is 1. The Morgan fingerprint density at radius 3 is 2.62 bits per heavy atom. The summed E-state index contributed by atoms with van der Waals surface area (Å²) in [7, 11) is 1.50. The van der Waals surface area contributed by atoms with Gasteiger partial charge in [0.15, 0.2) is 11.5 Å². The van der Waals surface area contributed by atoms with Crippen LogP contribution in [0.25, 0.3) is 0 Å². The maximum Gasteiger partial charge on any atom is 0.162 e. The van der Waals surface area contributed by atoms with Crippen molar-refractivity contribution in [2.45, 2.75) is 19.5 Å². The van der Waals surface area contributed by atoms with Crippen LogP contribution in [0.3, 0.4) is 0 Å². The summed E-state index contributed by atoms with van der Waals surface area (Å²) in [6, 6.07) is 11.1. The lowest BCUT2D eigenvalue weighted by Gasteiger charge is -2.16. The molecule has 0 fully saturated rings. The van der Waals surface area contributed by atoms with E-state index in [2.05, 4.69) is 5.32 Å². The van der Waals surface area contributed by atoms with Gasteiger partial charge in [-0.3, -0.25) is 0 Å². The highest BCUT2D eigenvalue weighted by atomic mass is 35.5. The molecule has 5 heteroatoms. The lowest BCUT2D eigenvalue weighted by atomic mass is 10.1. The van der Waals surface area contributed by atoms with E-state index in [0.717, 1.165) is 5.56 Å². The summed E-state index contributed by atoms with van der Waals surface area (Å²) in [5, 5.41) is 14.7. The van der Waals surface area contributed by atoms with Gasteiger partial charge in [0.2, 0.25) is 0 Å². The van der Waals surface area contributed by atoms with Gasteiger partial charge in [-0.05, 0) is 30.7 Å². The summed E-state index contributed by atoms with van der Waals surface area (Å²) in [6.45, 7) is 2.50. The Labute approximate surface area is 134 Å². The maximum absolute atomic E-state index is 10.1. The quantitative estimate of drug-likeness (QED) is 0.846. The van der Waals surface area contributed by atoms with Gasteiger partial charge in [-0.2, -0.15) is 0 Å². The molecule has 2 rings (SSSR count). The van der Waals surface area contributed by atoms with Crippen LogP contribution in [0.15, 0.2) is 36.4 Å². The van der Waals surface area contributed by atoms with Gasteiger partial charge < -0.3 is 15.2 Å². The van der Waals surface area contributed by atoms with Crippen LogP contribution in [-0.4, -0.2) is 12.2 Å². The Bertz CT molecular complexity index is 632. The summed E-state index contributed by atoms with van der Waals surface area (Å²) in [6.07, 6.45) is 0. The van der Waals surface area contributed by atoms with Gasteiger partial charge in [-0.25, -0.2) is 0 Å².